The van der Waals surface area contributed by atoms with Gasteiger partial charge in [0, 0.05) is 13.6 Å². The number of ether oxygens (including phenoxy) is 1. The standard InChI is InChI=1S/C20H26FN3O2.HI/c1-14(16-8-11-19(26-3)18(21)13-16)24-20(22-2)23-12-4-5-15-6-9-17(25)10-7-15;/h6-11,13-14,25H,4-5,12H2,1-3H3,(H2,22,23,24);1H. The average molecular weight is 487 g/mol. The van der Waals surface area contributed by atoms with E-state index in [2.05, 4.69) is 15.6 Å². The summed E-state index contributed by atoms with van der Waals surface area (Å²) in [7, 11) is 3.15. The van der Waals surface area contributed by atoms with Crippen molar-refractivity contribution in [1.29, 1.82) is 0 Å². The van der Waals surface area contributed by atoms with Crippen molar-refractivity contribution in [3.05, 3.63) is 59.4 Å². The summed E-state index contributed by atoms with van der Waals surface area (Å²) >= 11 is 0. The van der Waals surface area contributed by atoms with E-state index in [0.29, 0.717) is 5.96 Å². The van der Waals surface area contributed by atoms with Gasteiger partial charge in [0.1, 0.15) is 5.75 Å². The van der Waals surface area contributed by atoms with E-state index < -0.39 is 0 Å². The SMILES string of the molecule is CN=C(NCCCc1ccc(O)cc1)NC(C)c1ccc(OC)c(F)c1.I. The number of hydrogen-bond donors (Lipinski definition) is 3. The molecular weight excluding hydrogens is 460 g/mol. The lowest BCUT2D eigenvalue weighted by Crippen LogP contribution is -2.39. The molecule has 3 N–H and O–H groups in total. The Hall–Kier alpha value is -2.03. The molecule has 0 heterocycles. The zero-order valence-corrected chi connectivity index (χ0v) is 18.2. The lowest BCUT2D eigenvalue weighted by molar-refractivity contribution is 0.386. The molecule has 1 atom stereocenters. The largest absolute Gasteiger partial charge is 0.508 e. The van der Waals surface area contributed by atoms with E-state index in [9.17, 15) is 9.50 Å². The lowest BCUT2D eigenvalue weighted by Gasteiger charge is -2.19. The molecule has 5 nitrogen and oxygen atoms in total. The number of aliphatic imine (C=N–C) groups is 1. The van der Waals surface area contributed by atoms with Gasteiger partial charge in [-0.1, -0.05) is 18.2 Å². The molecule has 1 unspecified atom stereocenters. The van der Waals surface area contributed by atoms with Crippen LogP contribution in [0.5, 0.6) is 11.5 Å². The number of guanidine groups is 1. The highest BCUT2D eigenvalue weighted by Crippen LogP contribution is 2.21. The van der Waals surface area contributed by atoms with Gasteiger partial charge in [-0.15, -0.1) is 24.0 Å². The molecule has 0 aliphatic rings. The molecule has 0 spiro atoms. The van der Waals surface area contributed by atoms with Gasteiger partial charge in [0.25, 0.3) is 0 Å². The van der Waals surface area contributed by atoms with Crippen LogP contribution >= 0.6 is 24.0 Å². The minimum atomic E-state index is -0.379. The van der Waals surface area contributed by atoms with Crippen molar-refractivity contribution in [1.82, 2.24) is 10.6 Å². The number of halogens is 2. The molecule has 7 heteroatoms. The summed E-state index contributed by atoms with van der Waals surface area (Å²) in [5.74, 6) is 0.799. The Morgan fingerprint density at radius 1 is 1.22 bits per heavy atom. The first-order valence-electron chi connectivity index (χ1n) is 8.62. The number of phenols is 1. The van der Waals surface area contributed by atoms with Gasteiger partial charge in [-0.05, 0) is 55.2 Å². The zero-order valence-electron chi connectivity index (χ0n) is 15.8. The van der Waals surface area contributed by atoms with Crippen LogP contribution < -0.4 is 15.4 Å². The number of aromatic hydroxyl groups is 1. The summed E-state index contributed by atoms with van der Waals surface area (Å²) in [5.41, 5.74) is 1.99. The number of methoxy groups -OCH3 is 1. The fourth-order valence-corrected chi connectivity index (χ4v) is 2.60. The molecule has 2 aromatic carbocycles. The number of aryl methyl sites for hydroxylation is 1. The van der Waals surface area contributed by atoms with Gasteiger partial charge in [-0.3, -0.25) is 4.99 Å². The van der Waals surface area contributed by atoms with E-state index in [1.165, 1.54) is 18.7 Å². The van der Waals surface area contributed by atoms with E-state index in [-0.39, 0.29) is 47.3 Å². The number of hydrogen-bond acceptors (Lipinski definition) is 3. The van der Waals surface area contributed by atoms with Gasteiger partial charge in [0.05, 0.1) is 13.2 Å². The average Bonchev–Trinajstić information content (AvgIpc) is 2.65. The third kappa shape index (κ3) is 7.24. The minimum absolute atomic E-state index is 0. The second-order valence-corrected chi connectivity index (χ2v) is 6.03. The van der Waals surface area contributed by atoms with Crippen molar-refractivity contribution in [2.45, 2.75) is 25.8 Å². The molecule has 0 bridgehead atoms. The molecule has 0 saturated carbocycles. The Kier molecular flexibility index (Phi) is 9.92. The molecule has 0 aliphatic heterocycles. The number of phenolic OH excluding ortho intramolecular Hbond substituents is 1. The van der Waals surface area contributed by atoms with Gasteiger partial charge >= 0.3 is 0 Å². The maximum absolute atomic E-state index is 13.9. The Balaban J connectivity index is 0.00000364. The Bertz CT molecular complexity index is 739. The summed E-state index contributed by atoms with van der Waals surface area (Å²) in [5, 5.41) is 15.8. The van der Waals surface area contributed by atoms with Crippen LogP contribution in [0.25, 0.3) is 0 Å². The lowest BCUT2D eigenvalue weighted by atomic mass is 10.1. The molecule has 0 aliphatic carbocycles. The number of nitrogens with zero attached hydrogens (tertiary/aromatic N) is 1. The second kappa shape index (κ2) is 11.6. The predicted octanol–water partition coefficient (Wildman–Crippen LogP) is 4.02. The first-order valence-corrected chi connectivity index (χ1v) is 8.62. The van der Waals surface area contributed by atoms with Crippen molar-refractivity contribution in [3.8, 4) is 11.5 Å². The molecule has 27 heavy (non-hydrogen) atoms. The predicted molar refractivity (Wildman–Crippen MR) is 118 cm³/mol. The molecule has 0 radical (unpaired) electrons. The topological polar surface area (TPSA) is 65.9 Å². The summed E-state index contributed by atoms with van der Waals surface area (Å²) in [6.45, 7) is 2.70. The van der Waals surface area contributed by atoms with Crippen molar-refractivity contribution in [2.75, 3.05) is 20.7 Å². The number of rotatable bonds is 7. The van der Waals surface area contributed by atoms with Gasteiger partial charge in [0.2, 0.25) is 0 Å². The molecule has 0 aromatic heterocycles. The van der Waals surface area contributed by atoms with Gasteiger partial charge in [-0.2, -0.15) is 0 Å². The summed E-state index contributed by atoms with van der Waals surface area (Å²) in [6, 6.07) is 12.0. The van der Waals surface area contributed by atoms with Crippen LogP contribution in [0.3, 0.4) is 0 Å². The van der Waals surface area contributed by atoms with Crippen molar-refractivity contribution in [2.24, 2.45) is 4.99 Å². The van der Waals surface area contributed by atoms with Crippen LogP contribution in [0.15, 0.2) is 47.5 Å². The minimum Gasteiger partial charge on any atom is -0.508 e. The first-order chi connectivity index (χ1) is 12.5. The van der Waals surface area contributed by atoms with E-state index >= 15 is 0 Å². The van der Waals surface area contributed by atoms with Crippen LogP contribution in [0, 0.1) is 5.82 Å². The van der Waals surface area contributed by atoms with Crippen LogP contribution in [-0.2, 0) is 6.42 Å². The number of benzene rings is 2. The summed E-state index contributed by atoms with van der Waals surface area (Å²) in [4.78, 5) is 4.21. The van der Waals surface area contributed by atoms with Crippen LogP contribution in [-0.4, -0.2) is 31.8 Å². The highest BCUT2D eigenvalue weighted by molar-refractivity contribution is 14.0. The summed E-state index contributed by atoms with van der Waals surface area (Å²) in [6.07, 6.45) is 1.83. The fourth-order valence-electron chi connectivity index (χ4n) is 2.60. The molecule has 0 amide bonds. The maximum atomic E-state index is 13.9. The summed E-state index contributed by atoms with van der Waals surface area (Å²) < 4.78 is 18.8. The Morgan fingerprint density at radius 3 is 2.52 bits per heavy atom. The van der Waals surface area contributed by atoms with Crippen LogP contribution in [0.4, 0.5) is 4.39 Å². The molecule has 148 valence electrons. The molecular formula is C20H27FIN3O2. The van der Waals surface area contributed by atoms with E-state index in [0.717, 1.165) is 24.9 Å². The molecule has 2 aromatic rings. The smallest absolute Gasteiger partial charge is 0.191 e. The zero-order chi connectivity index (χ0) is 18.9. The van der Waals surface area contributed by atoms with Gasteiger partial charge < -0.3 is 20.5 Å². The third-order valence-corrected chi connectivity index (χ3v) is 4.12. The first kappa shape index (κ1) is 23.0. The number of nitrogens with one attached hydrogen (secondary N) is 2. The van der Waals surface area contributed by atoms with E-state index in [4.69, 9.17) is 4.74 Å². The highest BCUT2D eigenvalue weighted by Gasteiger charge is 2.11. The van der Waals surface area contributed by atoms with Gasteiger partial charge in [-0.25, -0.2) is 4.39 Å². The van der Waals surface area contributed by atoms with Crippen LogP contribution in [0.1, 0.15) is 30.5 Å². The highest BCUT2D eigenvalue weighted by atomic mass is 127. The normalized spacial score (nSPS) is 12.1. The third-order valence-electron chi connectivity index (χ3n) is 4.12. The van der Waals surface area contributed by atoms with E-state index in [1.807, 2.05) is 25.1 Å². The second-order valence-electron chi connectivity index (χ2n) is 6.03. The van der Waals surface area contributed by atoms with E-state index in [1.54, 1.807) is 25.2 Å². The van der Waals surface area contributed by atoms with Crippen molar-refractivity contribution in [3.63, 3.8) is 0 Å². The van der Waals surface area contributed by atoms with Crippen LogP contribution in [0.2, 0.25) is 0 Å². The quantitative estimate of drug-likeness (QED) is 0.239. The fraction of sp³-hybridized carbons (Fsp3) is 0.350. The monoisotopic (exact) mass is 487 g/mol. The maximum Gasteiger partial charge on any atom is 0.191 e. The van der Waals surface area contributed by atoms with Crippen molar-refractivity contribution >= 4 is 29.9 Å². The Morgan fingerprint density at radius 2 is 1.93 bits per heavy atom. The van der Waals surface area contributed by atoms with Crippen molar-refractivity contribution < 1.29 is 14.2 Å². The Labute approximate surface area is 177 Å². The van der Waals surface area contributed by atoms with Gasteiger partial charge in [0.15, 0.2) is 17.5 Å². The molecule has 0 saturated heterocycles. The molecule has 2 rings (SSSR count). The molecule has 0 fully saturated rings.